The van der Waals surface area contributed by atoms with E-state index in [-0.39, 0.29) is 6.04 Å². The number of hydrogen-bond donors (Lipinski definition) is 1. The second-order valence-corrected chi connectivity index (χ2v) is 4.86. The van der Waals surface area contributed by atoms with Crippen LogP contribution in [0.25, 0.3) is 0 Å². The molecule has 0 aliphatic rings. The van der Waals surface area contributed by atoms with Gasteiger partial charge in [-0.1, -0.05) is 18.2 Å². The third-order valence-corrected chi connectivity index (χ3v) is 2.75. The standard InChI is InChI=1S/C15H22N2O/c1-11(2)17-14(10-16)8-9-18-15-12(3)6-5-7-13(15)4/h5-7,11,14,17H,8-9H2,1-4H3. The maximum Gasteiger partial charge on any atom is 0.125 e. The smallest absolute Gasteiger partial charge is 0.125 e. The first-order valence-electron chi connectivity index (χ1n) is 6.39. The van der Waals surface area contributed by atoms with Gasteiger partial charge in [-0.05, 0) is 38.8 Å². The van der Waals surface area contributed by atoms with Gasteiger partial charge in [0.05, 0.1) is 18.7 Å². The van der Waals surface area contributed by atoms with Crippen LogP contribution in [0.3, 0.4) is 0 Å². The lowest BCUT2D eigenvalue weighted by molar-refractivity contribution is 0.291. The van der Waals surface area contributed by atoms with Gasteiger partial charge in [0.25, 0.3) is 0 Å². The van der Waals surface area contributed by atoms with Crippen LogP contribution in [-0.2, 0) is 0 Å². The molecule has 0 aliphatic heterocycles. The zero-order chi connectivity index (χ0) is 13.5. The van der Waals surface area contributed by atoms with Crippen molar-refractivity contribution in [3.63, 3.8) is 0 Å². The fraction of sp³-hybridized carbons (Fsp3) is 0.533. The number of para-hydroxylation sites is 1. The predicted molar refractivity (Wildman–Crippen MR) is 73.7 cm³/mol. The highest BCUT2D eigenvalue weighted by Gasteiger charge is 2.09. The van der Waals surface area contributed by atoms with Crippen LogP contribution in [-0.4, -0.2) is 18.7 Å². The number of nitrogens with zero attached hydrogens (tertiary/aromatic N) is 1. The number of hydrogen-bond acceptors (Lipinski definition) is 3. The molecule has 1 unspecified atom stereocenters. The first kappa shape index (κ1) is 14.5. The average Bonchev–Trinajstić information content (AvgIpc) is 2.31. The summed E-state index contributed by atoms with van der Waals surface area (Å²) in [5.74, 6) is 0.943. The van der Waals surface area contributed by atoms with E-state index >= 15 is 0 Å². The van der Waals surface area contributed by atoms with Gasteiger partial charge < -0.3 is 4.74 Å². The van der Waals surface area contributed by atoms with E-state index in [4.69, 9.17) is 10.00 Å². The van der Waals surface area contributed by atoms with Crippen molar-refractivity contribution in [2.75, 3.05) is 6.61 Å². The van der Waals surface area contributed by atoms with Crippen LogP contribution < -0.4 is 10.1 Å². The van der Waals surface area contributed by atoms with Gasteiger partial charge in [0.15, 0.2) is 0 Å². The molecule has 1 aromatic carbocycles. The van der Waals surface area contributed by atoms with Crippen molar-refractivity contribution >= 4 is 0 Å². The van der Waals surface area contributed by atoms with E-state index in [1.165, 1.54) is 0 Å². The SMILES string of the molecule is Cc1cccc(C)c1OCCC(C#N)NC(C)C. The van der Waals surface area contributed by atoms with Crippen LogP contribution in [0.15, 0.2) is 18.2 Å². The molecule has 1 atom stereocenters. The van der Waals surface area contributed by atoms with Gasteiger partial charge >= 0.3 is 0 Å². The largest absolute Gasteiger partial charge is 0.493 e. The lowest BCUT2D eigenvalue weighted by Gasteiger charge is -2.16. The van der Waals surface area contributed by atoms with E-state index in [9.17, 15) is 0 Å². The van der Waals surface area contributed by atoms with Crippen molar-refractivity contribution in [2.45, 2.75) is 46.2 Å². The normalized spacial score (nSPS) is 12.2. The summed E-state index contributed by atoms with van der Waals surface area (Å²) in [5.41, 5.74) is 2.28. The Morgan fingerprint density at radius 3 is 2.39 bits per heavy atom. The number of nitrogens with one attached hydrogen (secondary N) is 1. The molecule has 1 N–H and O–H groups in total. The Labute approximate surface area is 110 Å². The summed E-state index contributed by atoms with van der Waals surface area (Å²) in [7, 11) is 0. The molecule has 0 aliphatic carbocycles. The molecular formula is C15H22N2O. The average molecular weight is 246 g/mol. The van der Waals surface area contributed by atoms with Crippen LogP contribution in [0.2, 0.25) is 0 Å². The molecule has 0 heterocycles. The highest BCUT2D eigenvalue weighted by Crippen LogP contribution is 2.22. The van der Waals surface area contributed by atoms with E-state index in [0.717, 1.165) is 16.9 Å². The summed E-state index contributed by atoms with van der Waals surface area (Å²) >= 11 is 0. The minimum absolute atomic E-state index is 0.144. The maximum atomic E-state index is 9.01. The molecular weight excluding hydrogens is 224 g/mol. The monoisotopic (exact) mass is 246 g/mol. The lowest BCUT2D eigenvalue weighted by atomic mass is 10.1. The second-order valence-electron chi connectivity index (χ2n) is 4.86. The van der Waals surface area contributed by atoms with Gasteiger partial charge in [-0.2, -0.15) is 5.26 Å². The highest BCUT2D eigenvalue weighted by molar-refractivity contribution is 5.39. The van der Waals surface area contributed by atoms with Crippen molar-refractivity contribution < 1.29 is 4.74 Å². The van der Waals surface area contributed by atoms with Crippen molar-refractivity contribution in [3.05, 3.63) is 29.3 Å². The van der Waals surface area contributed by atoms with Gasteiger partial charge in [0.2, 0.25) is 0 Å². The summed E-state index contributed by atoms with van der Waals surface area (Å²) in [6, 6.07) is 8.53. The fourth-order valence-corrected chi connectivity index (χ4v) is 1.89. The van der Waals surface area contributed by atoms with Crippen molar-refractivity contribution in [1.82, 2.24) is 5.32 Å². The van der Waals surface area contributed by atoms with Crippen molar-refractivity contribution in [3.8, 4) is 11.8 Å². The summed E-state index contributed by atoms with van der Waals surface area (Å²) in [6.45, 7) is 8.71. The Balaban J connectivity index is 2.49. The van der Waals surface area contributed by atoms with Crippen molar-refractivity contribution in [2.24, 2.45) is 0 Å². The number of rotatable bonds is 6. The molecule has 0 amide bonds. The topological polar surface area (TPSA) is 45.0 Å². The maximum absolute atomic E-state index is 9.01. The van der Waals surface area contributed by atoms with E-state index in [1.54, 1.807) is 0 Å². The number of nitriles is 1. The minimum Gasteiger partial charge on any atom is -0.493 e. The number of aryl methyl sites for hydroxylation is 2. The quantitative estimate of drug-likeness (QED) is 0.839. The summed E-state index contributed by atoms with van der Waals surface area (Å²) < 4.78 is 5.79. The van der Waals surface area contributed by atoms with Crippen LogP contribution in [0.4, 0.5) is 0 Å². The molecule has 0 saturated carbocycles. The Hall–Kier alpha value is -1.53. The molecule has 18 heavy (non-hydrogen) atoms. The number of ether oxygens (including phenoxy) is 1. The Morgan fingerprint density at radius 1 is 1.28 bits per heavy atom. The molecule has 0 spiro atoms. The van der Waals surface area contributed by atoms with Gasteiger partial charge in [-0.25, -0.2) is 0 Å². The van der Waals surface area contributed by atoms with Gasteiger partial charge in [0.1, 0.15) is 5.75 Å². The molecule has 3 nitrogen and oxygen atoms in total. The van der Waals surface area contributed by atoms with Crippen LogP contribution in [0.5, 0.6) is 5.75 Å². The van der Waals surface area contributed by atoms with E-state index in [0.29, 0.717) is 19.1 Å². The first-order valence-corrected chi connectivity index (χ1v) is 6.39. The molecule has 1 rings (SSSR count). The molecule has 3 heteroatoms. The zero-order valence-electron chi connectivity index (χ0n) is 11.7. The van der Waals surface area contributed by atoms with Crippen molar-refractivity contribution in [1.29, 1.82) is 5.26 Å². The Kier molecular flexibility index (Phi) is 5.67. The molecule has 0 bridgehead atoms. The predicted octanol–water partition coefficient (Wildman–Crippen LogP) is 2.96. The fourth-order valence-electron chi connectivity index (χ4n) is 1.89. The Morgan fingerprint density at radius 2 is 1.89 bits per heavy atom. The molecule has 0 aromatic heterocycles. The first-order chi connectivity index (χ1) is 8.54. The number of benzene rings is 1. The molecule has 0 radical (unpaired) electrons. The zero-order valence-corrected chi connectivity index (χ0v) is 11.7. The third-order valence-electron chi connectivity index (χ3n) is 2.75. The molecule has 1 aromatic rings. The van der Waals surface area contributed by atoms with Gasteiger partial charge in [-0.3, -0.25) is 5.32 Å². The Bertz CT molecular complexity index is 401. The highest BCUT2D eigenvalue weighted by atomic mass is 16.5. The summed E-state index contributed by atoms with van der Waals surface area (Å²) in [6.07, 6.45) is 0.697. The van der Waals surface area contributed by atoms with E-state index < -0.39 is 0 Å². The summed E-state index contributed by atoms with van der Waals surface area (Å²) in [4.78, 5) is 0. The third kappa shape index (κ3) is 4.38. The van der Waals surface area contributed by atoms with Gasteiger partial charge in [0, 0.05) is 12.5 Å². The second kappa shape index (κ2) is 7.03. The van der Waals surface area contributed by atoms with Crippen LogP contribution in [0, 0.1) is 25.2 Å². The lowest BCUT2D eigenvalue weighted by Crippen LogP contribution is -2.34. The van der Waals surface area contributed by atoms with E-state index in [2.05, 4.69) is 11.4 Å². The van der Waals surface area contributed by atoms with E-state index in [1.807, 2.05) is 45.9 Å². The summed E-state index contributed by atoms with van der Waals surface area (Å²) in [5, 5.41) is 12.2. The molecule has 0 fully saturated rings. The molecule has 0 saturated heterocycles. The molecule has 98 valence electrons. The van der Waals surface area contributed by atoms with Crippen LogP contribution in [0.1, 0.15) is 31.4 Å². The minimum atomic E-state index is -0.144. The van der Waals surface area contributed by atoms with Crippen LogP contribution >= 0.6 is 0 Å². The van der Waals surface area contributed by atoms with Gasteiger partial charge in [-0.15, -0.1) is 0 Å².